The van der Waals surface area contributed by atoms with Crippen LogP contribution in [0.4, 0.5) is 15.3 Å². The Kier molecular flexibility index (Phi) is 13.7. The first kappa shape index (κ1) is 38.4. The van der Waals surface area contributed by atoms with Gasteiger partial charge < -0.3 is 44.6 Å². The van der Waals surface area contributed by atoms with Gasteiger partial charge in [-0.1, -0.05) is 12.1 Å². The molecule has 4 fully saturated rings. The number of piperidine rings is 2. The minimum absolute atomic E-state index is 0.0872. The van der Waals surface area contributed by atoms with E-state index in [-0.39, 0.29) is 23.0 Å². The summed E-state index contributed by atoms with van der Waals surface area (Å²) < 4.78 is 37.5. The summed E-state index contributed by atoms with van der Waals surface area (Å²) in [4.78, 5) is 35.7. The van der Waals surface area contributed by atoms with Crippen molar-refractivity contribution in [3.63, 3.8) is 0 Å². The van der Waals surface area contributed by atoms with Gasteiger partial charge in [-0.3, -0.25) is 0 Å². The molecule has 0 aliphatic carbocycles. The molecule has 0 radical (unpaired) electrons. The fourth-order valence-electron chi connectivity index (χ4n) is 6.91. The minimum Gasteiger partial charge on any atom is -0.497 e. The second-order valence-electron chi connectivity index (χ2n) is 13.8. The summed E-state index contributed by atoms with van der Waals surface area (Å²) in [5.41, 5.74) is 1.11. The van der Waals surface area contributed by atoms with Crippen LogP contribution < -0.4 is 25.0 Å². The van der Waals surface area contributed by atoms with Crippen LogP contribution in [0.25, 0.3) is 0 Å². The molecule has 2 aromatic carbocycles. The summed E-state index contributed by atoms with van der Waals surface area (Å²) in [5.74, 6) is 1.51. The highest BCUT2D eigenvalue weighted by Gasteiger charge is 2.31. The van der Waals surface area contributed by atoms with Crippen LogP contribution in [0, 0.1) is 0 Å². The number of anilines is 1. The molecule has 282 valence electrons. The highest BCUT2D eigenvalue weighted by molar-refractivity contribution is 7.89. The predicted molar refractivity (Wildman–Crippen MR) is 198 cm³/mol. The summed E-state index contributed by atoms with van der Waals surface area (Å²) >= 11 is 0. The molecule has 0 aromatic heterocycles. The largest absolute Gasteiger partial charge is 0.497 e. The normalized spacial score (nSPS) is 20.3. The van der Waals surface area contributed by atoms with E-state index in [0.717, 1.165) is 89.5 Å². The quantitative estimate of drug-likeness (QED) is 0.442. The first-order valence-corrected chi connectivity index (χ1v) is 19.5. The molecule has 4 aliphatic heterocycles. The number of methoxy groups -OCH3 is 2. The molecule has 0 unspecified atom stereocenters. The van der Waals surface area contributed by atoms with Crippen LogP contribution >= 0.6 is 0 Å². The standard InChI is InChI=1S/C18H28N4O4S.C18H28N4O2/c1-20-9-7-15(8-10-20)19-18(23)21-11-13-22(14-12-21)27(24,25)17-5-3-16(26-2)4-6-17;1-20-9-7-15(8-10-20)19-18(23)22-13-11-21(12-14-22)16-5-3-4-6-17(16)24-2/h3-6,15H,7-14H2,1-2H3,(H,19,23);3-6,15H,7-14H2,1-2H3,(H,19,23). The zero-order valence-corrected chi connectivity index (χ0v) is 31.4. The van der Waals surface area contributed by atoms with E-state index >= 15 is 0 Å². The molecule has 15 heteroatoms. The van der Waals surface area contributed by atoms with E-state index < -0.39 is 10.0 Å². The second-order valence-corrected chi connectivity index (χ2v) is 15.7. The molecule has 6 rings (SSSR count). The number of carbonyl (C=O) groups is 2. The lowest BCUT2D eigenvalue weighted by atomic mass is 10.1. The Hall–Kier alpha value is -3.79. The molecule has 0 spiro atoms. The molecular formula is C36H56N8O6S. The van der Waals surface area contributed by atoms with Crippen LogP contribution in [0.1, 0.15) is 25.7 Å². The summed E-state index contributed by atoms with van der Waals surface area (Å²) in [6.45, 7) is 8.65. The predicted octanol–water partition coefficient (Wildman–Crippen LogP) is 2.43. The number of ether oxygens (including phenoxy) is 2. The van der Waals surface area contributed by atoms with E-state index in [1.807, 2.05) is 23.1 Å². The number of hydrogen-bond donors (Lipinski definition) is 2. The Labute approximate surface area is 303 Å². The highest BCUT2D eigenvalue weighted by atomic mass is 32.2. The van der Waals surface area contributed by atoms with E-state index in [0.29, 0.717) is 38.0 Å². The van der Waals surface area contributed by atoms with Crippen molar-refractivity contribution in [3.8, 4) is 11.5 Å². The third-order valence-electron chi connectivity index (χ3n) is 10.3. The van der Waals surface area contributed by atoms with Gasteiger partial charge in [-0.15, -0.1) is 0 Å². The molecule has 14 nitrogen and oxygen atoms in total. The van der Waals surface area contributed by atoms with Gasteiger partial charge in [0.1, 0.15) is 11.5 Å². The van der Waals surface area contributed by atoms with Crippen LogP contribution in [-0.2, 0) is 10.0 Å². The van der Waals surface area contributed by atoms with Gasteiger partial charge in [-0.2, -0.15) is 4.31 Å². The van der Waals surface area contributed by atoms with Gasteiger partial charge in [0.15, 0.2) is 0 Å². The van der Waals surface area contributed by atoms with Crippen LogP contribution in [0.2, 0.25) is 0 Å². The summed E-state index contributed by atoms with van der Waals surface area (Å²) in [5, 5.41) is 6.29. The molecule has 0 saturated carbocycles. The third-order valence-corrected chi connectivity index (χ3v) is 12.2. The van der Waals surface area contributed by atoms with E-state index in [9.17, 15) is 18.0 Å². The van der Waals surface area contributed by atoms with Crippen molar-refractivity contribution in [1.29, 1.82) is 0 Å². The van der Waals surface area contributed by atoms with Gasteiger partial charge >= 0.3 is 12.1 Å². The van der Waals surface area contributed by atoms with Gasteiger partial charge in [-0.05, 0) is 102 Å². The van der Waals surface area contributed by atoms with Crippen molar-refractivity contribution >= 4 is 27.8 Å². The number of carbonyl (C=O) groups excluding carboxylic acids is 2. The average Bonchev–Trinajstić information content (AvgIpc) is 3.17. The minimum atomic E-state index is -3.56. The number of nitrogens with one attached hydrogen (secondary N) is 2. The van der Waals surface area contributed by atoms with Crippen LogP contribution in [0.15, 0.2) is 53.4 Å². The van der Waals surface area contributed by atoms with Gasteiger partial charge in [0, 0.05) is 64.4 Å². The number of piperazine rings is 2. The lowest BCUT2D eigenvalue weighted by Gasteiger charge is -2.38. The lowest BCUT2D eigenvalue weighted by molar-refractivity contribution is 0.161. The Bertz CT molecular complexity index is 1510. The van der Waals surface area contributed by atoms with E-state index in [4.69, 9.17) is 9.47 Å². The van der Waals surface area contributed by atoms with E-state index in [1.54, 1.807) is 43.4 Å². The summed E-state index contributed by atoms with van der Waals surface area (Å²) in [6.07, 6.45) is 3.99. The monoisotopic (exact) mass is 728 g/mol. The number of rotatable bonds is 7. The Morgan fingerprint density at radius 3 is 1.57 bits per heavy atom. The number of urea groups is 2. The van der Waals surface area contributed by atoms with Gasteiger partial charge in [0.25, 0.3) is 0 Å². The van der Waals surface area contributed by atoms with Crippen molar-refractivity contribution in [2.45, 2.75) is 42.7 Å². The molecule has 4 aliphatic rings. The third kappa shape index (κ3) is 10.4. The maximum atomic E-state index is 12.8. The number of nitrogens with zero attached hydrogens (tertiary/aromatic N) is 6. The molecule has 4 saturated heterocycles. The van der Waals surface area contributed by atoms with Crippen molar-refractivity contribution in [1.82, 2.24) is 34.5 Å². The highest BCUT2D eigenvalue weighted by Crippen LogP contribution is 2.28. The van der Waals surface area contributed by atoms with E-state index in [2.05, 4.69) is 45.5 Å². The Morgan fingerprint density at radius 1 is 0.627 bits per heavy atom. The first-order chi connectivity index (χ1) is 24.6. The molecule has 2 aromatic rings. The lowest BCUT2D eigenvalue weighted by Crippen LogP contribution is -2.55. The molecule has 2 N–H and O–H groups in total. The topological polar surface area (TPSA) is 130 Å². The average molecular weight is 729 g/mol. The maximum absolute atomic E-state index is 12.8. The fraction of sp³-hybridized carbons (Fsp3) is 0.611. The number of hydrogen-bond acceptors (Lipinski definition) is 9. The zero-order valence-electron chi connectivity index (χ0n) is 30.6. The van der Waals surface area contributed by atoms with Crippen molar-refractivity contribution in [2.75, 3.05) is 112 Å². The molecule has 4 amide bonds. The van der Waals surface area contributed by atoms with Gasteiger partial charge in [-0.25, -0.2) is 18.0 Å². The number of amides is 4. The summed E-state index contributed by atoms with van der Waals surface area (Å²) in [6, 6.07) is 15.0. The Balaban J connectivity index is 0.000000199. The molecule has 0 atom stereocenters. The first-order valence-electron chi connectivity index (χ1n) is 18.1. The van der Waals surface area contributed by atoms with Crippen molar-refractivity contribution in [2.24, 2.45) is 0 Å². The van der Waals surface area contributed by atoms with Crippen LogP contribution in [0.5, 0.6) is 11.5 Å². The maximum Gasteiger partial charge on any atom is 0.317 e. The number of benzene rings is 2. The SMILES string of the molecule is COc1ccc(S(=O)(=O)N2CCN(C(=O)NC3CCN(C)CC3)CC2)cc1.COc1ccccc1N1CCN(C(=O)NC2CCN(C)CC2)CC1. The smallest absolute Gasteiger partial charge is 0.317 e. The summed E-state index contributed by atoms with van der Waals surface area (Å²) in [7, 11) is 3.90. The Morgan fingerprint density at radius 2 is 1.10 bits per heavy atom. The molecule has 4 heterocycles. The van der Waals surface area contributed by atoms with Crippen molar-refractivity contribution in [3.05, 3.63) is 48.5 Å². The van der Waals surface area contributed by atoms with E-state index in [1.165, 1.54) is 4.31 Å². The van der Waals surface area contributed by atoms with Gasteiger partial charge in [0.05, 0.1) is 24.8 Å². The number of likely N-dealkylation sites (tertiary alicyclic amines) is 2. The van der Waals surface area contributed by atoms with Gasteiger partial charge in [0.2, 0.25) is 10.0 Å². The molecular weight excluding hydrogens is 673 g/mol. The number of para-hydroxylation sites is 2. The second kappa shape index (κ2) is 18.1. The van der Waals surface area contributed by atoms with Crippen molar-refractivity contribution < 1.29 is 27.5 Å². The van der Waals surface area contributed by atoms with Crippen LogP contribution in [-0.4, -0.2) is 163 Å². The molecule has 51 heavy (non-hydrogen) atoms. The zero-order chi connectivity index (χ0) is 36.4. The fourth-order valence-corrected chi connectivity index (χ4v) is 8.33. The molecule has 0 bridgehead atoms. The van der Waals surface area contributed by atoms with Crippen LogP contribution in [0.3, 0.4) is 0 Å². The number of sulfonamides is 1.